The topological polar surface area (TPSA) is 38.1 Å². The molecule has 1 aromatic carbocycles. The molecule has 2 atom stereocenters. The van der Waals surface area contributed by atoms with Crippen LogP contribution >= 0.6 is 0 Å². The van der Waals surface area contributed by atoms with Gasteiger partial charge in [-0.05, 0) is 42.0 Å². The van der Waals surface area contributed by atoms with E-state index in [9.17, 15) is 4.79 Å². The van der Waals surface area contributed by atoms with Gasteiger partial charge in [0.25, 0.3) is 5.91 Å². The molecule has 1 aromatic heterocycles. The highest BCUT2D eigenvalue weighted by Crippen LogP contribution is 2.22. The lowest BCUT2D eigenvalue weighted by Gasteiger charge is -2.35. The highest BCUT2D eigenvalue weighted by molar-refractivity contribution is 5.94. The molecule has 0 saturated carbocycles. The Bertz CT molecular complexity index is 626. The first-order chi connectivity index (χ1) is 10.6. The number of piperidine rings is 1. The van der Waals surface area contributed by atoms with Crippen LogP contribution in [0.25, 0.3) is 0 Å². The highest BCUT2D eigenvalue weighted by atomic mass is 16.2. The minimum absolute atomic E-state index is 0.153. The van der Waals surface area contributed by atoms with Crippen LogP contribution in [0.3, 0.4) is 0 Å². The average molecular weight is 297 g/mol. The fourth-order valence-electron chi connectivity index (χ4n) is 3.40. The molecule has 2 aromatic rings. The molecule has 1 fully saturated rings. The zero-order chi connectivity index (χ0) is 15.5. The zero-order valence-electron chi connectivity index (χ0n) is 13.3. The zero-order valence-corrected chi connectivity index (χ0v) is 13.3. The van der Waals surface area contributed by atoms with Crippen LogP contribution in [0.15, 0.2) is 42.7 Å². The number of rotatable bonds is 3. The third kappa shape index (κ3) is 3.38. The van der Waals surface area contributed by atoms with E-state index in [0.29, 0.717) is 18.4 Å². The van der Waals surface area contributed by atoms with E-state index in [1.165, 1.54) is 6.42 Å². The van der Waals surface area contributed by atoms with Crippen molar-refractivity contribution >= 4 is 5.91 Å². The van der Waals surface area contributed by atoms with Gasteiger partial charge in [0, 0.05) is 31.0 Å². The van der Waals surface area contributed by atoms with Crippen LogP contribution in [0, 0.1) is 11.8 Å². The molecular formula is C18H23N3O. The summed E-state index contributed by atoms with van der Waals surface area (Å²) in [6, 6.07) is 9.82. The average Bonchev–Trinajstić information content (AvgIpc) is 2.98. The van der Waals surface area contributed by atoms with Crippen LogP contribution in [-0.2, 0) is 6.54 Å². The molecule has 0 unspecified atom stereocenters. The quantitative estimate of drug-likeness (QED) is 0.873. The van der Waals surface area contributed by atoms with Crippen molar-refractivity contribution in [3.8, 4) is 0 Å². The van der Waals surface area contributed by atoms with Gasteiger partial charge >= 0.3 is 0 Å². The van der Waals surface area contributed by atoms with Gasteiger partial charge in [0.2, 0.25) is 0 Å². The van der Waals surface area contributed by atoms with Crippen molar-refractivity contribution in [2.75, 3.05) is 13.1 Å². The molecule has 4 heteroatoms. The largest absolute Gasteiger partial charge is 0.338 e. The second-order valence-corrected chi connectivity index (χ2v) is 6.56. The fraction of sp³-hybridized carbons (Fsp3) is 0.444. The summed E-state index contributed by atoms with van der Waals surface area (Å²) >= 11 is 0. The number of nitrogens with zero attached hydrogens (tertiary/aromatic N) is 3. The van der Waals surface area contributed by atoms with Gasteiger partial charge in [0.1, 0.15) is 0 Å². The number of aromatic nitrogens is 2. The molecule has 0 spiro atoms. The second kappa shape index (κ2) is 6.34. The van der Waals surface area contributed by atoms with Crippen molar-refractivity contribution in [3.63, 3.8) is 0 Å². The van der Waals surface area contributed by atoms with Crippen molar-refractivity contribution in [2.45, 2.75) is 26.8 Å². The van der Waals surface area contributed by atoms with Gasteiger partial charge in [-0.3, -0.25) is 9.48 Å². The summed E-state index contributed by atoms with van der Waals surface area (Å²) < 4.78 is 1.87. The summed E-state index contributed by atoms with van der Waals surface area (Å²) in [5.41, 5.74) is 1.89. The normalized spacial score (nSPS) is 21.8. The minimum Gasteiger partial charge on any atom is -0.338 e. The summed E-state index contributed by atoms with van der Waals surface area (Å²) in [6.45, 7) is 6.88. The van der Waals surface area contributed by atoms with Gasteiger partial charge in [-0.2, -0.15) is 5.10 Å². The summed E-state index contributed by atoms with van der Waals surface area (Å²) in [5, 5.41) is 4.22. The van der Waals surface area contributed by atoms with E-state index in [-0.39, 0.29) is 5.91 Å². The lowest BCUT2D eigenvalue weighted by Crippen LogP contribution is -2.42. The van der Waals surface area contributed by atoms with Crippen molar-refractivity contribution < 1.29 is 4.79 Å². The monoisotopic (exact) mass is 297 g/mol. The Hall–Kier alpha value is -2.10. The Morgan fingerprint density at radius 3 is 2.68 bits per heavy atom. The molecule has 1 aliphatic rings. The second-order valence-electron chi connectivity index (χ2n) is 6.56. The number of carbonyl (C=O) groups excluding carboxylic acids is 1. The smallest absolute Gasteiger partial charge is 0.253 e. The summed E-state index contributed by atoms with van der Waals surface area (Å²) in [6.07, 6.45) is 4.91. The number of carbonyl (C=O) groups is 1. The molecule has 3 rings (SSSR count). The Balaban J connectivity index is 1.75. The molecule has 4 nitrogen and oxygen atoms in total. The molecule has 0 radical (unpaired) electrons. The van der Waals surface area contributed by atoms with Crippen molar-refractivity contribution in [3.05, 3.63) is 53.9 Å². The Morgan fingerprint density at radius 1 is 1.23 bits per heavy atom. The van der Waals surface area contributed by atoms with Gasteiger partial charge < -0.3 is 4.90 Å². The van der Waals surface area contributed by atoms with Gasteiger partial charge in [-0.25, -0.2) is 0 Å². The molecular weight excluding hydrogens is 274 g/mol. The van der Waals surface area contributed by atoms with E-state index < -0.39 is 0 Å². The van der Waals surface area contributed by atoms with Crippen LogP contribution in [-0.4, -0.2) is 33.7 Å². The minimum atomic E-state index is 0.153. The maximum Gasteiger partial charge on any atom is 0.253 e. The van der Waals surface area contributed by atoms with Gasteiger partial charge in [-0.15, -0.1) is 0 Å². The number of likely N-dealkylation sites (tertiary alicyclic amines) is 1. The maximum absolute atomic E-state index is 12.7. The van der Waals surface area contributed by atoms with Crippen LogP contribution in [0.1, 0.15) is 36.2 Å². The lowest BCUT2D eigenvalue weighted by atomic mass is 9.91. The molecule has 0 N–H and O–H groups in total. The van der Waals surface area contributed by atoms with Crippen molar-refractivity contribution in [2.24, 2.45) is 11.8 Å². The van der Waals surface area contributed by atoms with E-state index >= 15 is 0 Å². The van der Waals surface area contributed by atoms with Gasteiger partial charge in [0.15, 0.2) is 0 Å². The molecule has 116 valence electrons. The third-order valence-electron chi connectivity index (χ3n) is 4.23. The number of hydrogen-bond acceptors (Lipinski definition) is 2. The molecule has 1 aliphatic heterocycles. The molecule has 1 amide bonds. The molecule has 2 heterocycles. The summed E-state index contributed by atoms with van der Waals surface area (Å²) in [4.78, 5) is 14.8. The fourth-order valence-corrected chi connectivity index (χ4v) is 3.40. The SMILES string of the molecule is C[C@@H]1C[C@@H](C)CN(C(=O)c2cccc(Cn3cccn3)c2)C1. The first-order valence-corrected chi connectivity index (χ1v) is 7.97. The van der Waals surface area contributed by atoms with E-state index in [1.54, 1.807) is 6.20 Å². The number of hydrogen-bond donors (Lipinski definition) is 0. The van der Waals surface area contributed by atoms with E-state index in [4.69, 9.17) is 0 Å². The van der Waals surface area contributed by atoms with Crippen LogP contribution in [0.2, 0.25) is 0 Å². The van der Waals surface area contributed by atoms with Crippen LogP contribution in [0.4, 0.5) is 0 Å². The Morgan fingerprint density at radius 2 is 2.00 bits per heavy atom. The Kier molecular flexibility index (Phi) is 4.27. The van der Waals surface area contributed by atoms with E-state index in [1.807, 2.05) is 46.1 Å². The number of benzene rings is 1. The van der Waals surface area contributed by atoms with E-state index in [0.717, 1.165) is 24.2 Å². The molecule has 22 heavy (non-hydrogen) atoms. The first-order valence-electron chi connectivity index (χ1n) is 7.97. The standard InChI is InChI=1S/C18H23N3O/c1-14-9-15(2)12-20(11-14)18(22)17-6-3-5-16(10-17)13-21-8-4-7-19-21/h3-8,10,14-15H,9,11-13H2,1-2H3/t14-,15-/m1/s1. The van der Waals surface area contributed by atoms with E-state index in [2.05, 4.69) is 18.9 Å². The van der Waals surface area contributed by atoms with Crippen LogP contribution < -0.4 is 0 Å². The third-order valence-corrected chi connectivity index (χ3v) is 4.23. The predicted octanol–water partition coefficient (Wildman–Crippen LogP) is 3.05. The van der Waals surface area contributed by atoms with Gasteiger partial charge in [-0.1, -0.05) is 26.0 Å². The lowest BCUT2D eigenvalue weighted by molar-refractivity contribution is 0.0623. The predicted molar refractivity (Wildman–Crippen MR) is 86.6 cm³/mol. The van der Waals surface area contributed by atoms with Gasteiger partial charge in [0.05, 0.1) is 6.54 Å². The highest BCUT2D eigenvalue weighted by Gasteiger charge is 2.26. The van der Waals surface area contributed by atoms with Crippen LogP contribution in [0.5, 0.6) is 0 Å². The Labute approximate surface area is 131 Å². The number of amides is 1. The van der Waals surface area contributed by atoms with Crippen molar-refractivity contribution in [1.82, 2.24) is 14.7 Å². The first kappa shape index (κ1) is 14.8. The summed E-state index contributed by atoms with van der Waals surface area (Å²) in [7, 11) is 0. The molecule has 0 aliphatic carbocycles. The molecule has 1 saturated heterocycles. The van der Waals surface area contributed by atoms with Crippen molar-refractivity contribution in [1.29, 1.82) is 0 Å². The maximum atomic E-state index is 12.7. The summed E-state index contributed by atoms with van der Waals surface area (Å²) in [5.74, 6) is 1.32. The molecule has 0 bridgehead atoms.